The summed E-state index contributed by atoms with van der Waals surface area (Å²) in [6, 6.07) is 1.39. The van der Waals surface area contributed by atoms with Crippen LogP contribution < -0.4 is 5.14 Å². The van der Waals surface area contributed by atoms with Crippen LogP contribution in [0.2, 0.25) is 5.02 Å². The van der Waals surface area contributed by atoms with Crippen LogP contribution in [-0.2, 0) is 10.0 Å². The fourth-order valence-electron chi connectivity index (χ4n) is 1.03. The van der Waals surface area contributed by atoms with Crippen LogP contribution in [0.25, 0.3) is 0 Å². The molecule has 0 fully saturated rings. The minimum Gasteiger partial charge on any atom is -0.241 e. The molecule has 0 unspecified atom stereocenters. The van der Waals surface area contributed by atoms with Crippen LogP contribution in [0.1, 0.15) is 17.6 Å². The number of nitrogens with zero attached hydrogens (tertiary/aromatic N) is 2. The van der Waals surface area contributed by atoms with Crippen molar-refractivity contribution in [3.05, 3.63) is 22.3 Å². The zero-order valence-electron chi connectivity index (χ0n) is 7.49. The zero-order chi connectivity index (χ0) is 12.5. The fraction of sp³-hybridized carbons (Fsp3) is 0.143. The summed E-state index contributed by atoms with van der Waals surface area (Å²) >= 11 is 5.44. The predicted molar refractivity (Wildman–Crippen MR) is 50.3 cm³/mol. The molecular weight excluding hydrogens is 264 g/mol. The molecule has 1 aromatic rings. The van der Waals surface area contributed by atoms with Crippen molar-refractivity contribution in [2.75, 3.05) is 0 Å². The molecule has 86 valence electrons. The minimum atomic E-state index is -4.43. The maximum Gasteiger partial charge on any atom is 0.268 e. The Bertz CT molecular complexity index is 568. The van der Waals surface area contributed by atoms with Gasteiger partial charge in [-0.15, -0.1) is 0 Å². The molecule has 1 rings (SSSR count). The van der Waals surface area contributed by atoms with Crippen LogP contribution in [0.5, 0.6) is 0 Å². The number of hydrogen-bond donors (Lipinski definition) is 1. The van der Waals surface area contributed by atoms with Gasteiger partial charge in [0.15, 0.2) is 5.03 Å². The minimum absolute atomic E-state index is 0.356. The number of alkyl halides is 2. The van der Waals surface area contributed by atoms with Crippen molar-refractivity contribution in [2.45, 2.75) is 11.5 Å². The number of nitriles is 1. The molecule has 5 nitrogen and oxygen atoms in total. The maximum absolute atomic E-state index is 12.6. The van der Waals surface area contributed by atoms with E-state index in [1.807, 2.05) is 0 Å². The molecule has 0 amide bonds. The Morgan fingerprint density at radius 1 is 1.56 bits per heavy atom. The molecule has 0 aliphatic rings. The summed E-state index contributed by atoms with van der Waals surface area (Å²) in [4.78, 5) is 3.20. The van der Waals surface area contributed by atoms with E-state index in [4.69, 9.17) is 22.0 Å². The first-order chi connectivity index (χ1) is 7.29. The van der Waals surface area contributed by atoms with Crippen LogP contribution in [-0.4, -0.2) is 13.4 Å². The SMILES string of the molecule is N#Cc1c(Cl)cnc(S(N)(=O)=O)c1C(F)F. The van der Waals surface area contributed by atoms with Gasteiger partial charge in [0, 0.05) is 6.20 Å². The molecule has 0 saturated heterocycles. The molecule has 0 aromatic carbocycles. The first-order valence-electron chi connectivity index (χ1n) is 3.68. The largest absolute Gasteiger partial charge is 0.268 e. The molecule has 0 atom stereocenters. The molecular formula is C7H4ClF2N3O2S. The van der Waals surface area contributed by atoms with Crippen molar-refractivity contribution in [3.8, 4) is 6.07 Å². The van der Waals surface area contributed by atoms with Crippen molar-refractivity contribution in [3.63, 3.8) is 0 Å². The molecule has 9 heteroatoms. The van der Waals surface area contributed by atoms with Gasteiger partial charge in [-0.05, 0) is 0 Å². The lowest BCUT2D eigenvalue weighted by Crippen LogP contribution is -2.17. The molecule has 0 aliphatic heterocycles. The summed E-state index contributed by atoms with van der Waals surface area (Å²) in [5.74, 6) is 0. The first kappa shape index (κ1) is 12.8. The monoisotopic (exact) mass is 267 g/mol. The first-order valence-corrected chi connectivity index (χ1v) is 5.61. The van der Waals surface area contributed by atoms with Crippen molar-refractivity contribution in [2.24, 2.45) is 5.14 Å². The normalized spacial score (nSPS) is 11.5. The summed E-state index contributed by atoms with van der Waals surface area (Å²) in [6.45, 7) is 0. The van der Waals surface area contributed by atoms with Gasteiger partial charge < -0.3 is 0 Å². The summed E-state index contributed by atoms with van der Waals surface area (Å²) in [5, 5.41) is 11.9. The molecule has 16 heavy (non-hydrogen) atoms. The predicted octanol–water partition coefficient (Wildman–Crippen LogP) is 1.19. The van der Waals surface area contributed by atoms with Gasteiger partial charge >= 0.3 is 0 Å². The summed E-state index contributed by atoms with van der Waals surface area (Å²) < 4.78 is 47.2. The number of sulfonamides is 1. The van der Waals surface area contributed by atoms with E-state index in [2.05, 4.69) is 4.98 Å². The summed E-state index contributed by atoms with van der Waals surface area (Å²) in [5.41, 5.74) is -1.71. The second kappa shape index (κ2) is 4.29. The van der Waals surface area contributed by atoms with Crippen molar-refractivity contribution in [1.82, 2.24) is 4.98 Å². The molecule has 1 heterocycles. The van der Waals surface area contributed by atoms with Crippen LogP contribution in [0, 0.1) is 11.3 Å². The summed E-state index contributed by atoms with van der Waals surface area (Å²) in [7, 11) is -4.43. The second-order valence-electron chi connectivity index (χ2n) is 2.66. The molecule has 0 spiro atoms. The molecule has 0 radical (unpaired) electrons. The van der Waals surface area contributed by atoms with Crippen LogP contribution >= 0.6 is 11.6 Å². The van der Waals surface area contributed by atoms with E-state index in [1.54, 1.807) is 0 Å². The average Bonchev–Trinajstić information content (AvgIpc) is 2.14. The Balaban J connectivity index is 3.74. The van der Waals surface area contributed by atoms with E-state index in [-0.39, 0.29) is 5.02 Å². The Morgan fingerprint density at radius 3 is 2.50 bits per heavy atom. The second-order valence-corrected chi connectivity index (χ2v) is 4.54. The number of nitrogens with two attached hydrogens (primary N) is 1. The Labute approximate surface area is 94.5 Å². The van der Waals surface area contributed by atoms with E-state index in [0.29, 0.717) is 0 Å². The van der Waals surface area contributed by atoms with Crippen molar-refractivity contribution >= 4 is 21.6 Å². The van der Waals surface area contributed by atoms with E-state index in [1.165, 1.54) is 6.07 Å². The Hall–Kier alpha value is -1.30. The van der Waals surface area contributed by atoms with Crippen molar-refractivity contribution in [1.29, 1.82) is 5.26 Å². The lowest BCUT2D eigenvalue weighted by atomic mass is 10.1. The Kier molecular flexibility index (Phi) is 3.42. The fourth-order valence-corrected chi connectivity index (χ4v) is 1.92. The van der Waals surface area contributed by atoms with E-state index < -0.39 is 32.6 Å². The summed E-state index contributed by atoms with van der Waals surface area (Å²) in [6.07, 6.45) is -2.43. The quantitative estimate of drug-likeness (QED) is 0.870. The van der Waals surface area contributed by atoms with Crippen LogP contribution in [0.15, 0.2) is 11.2 Å². The lowest BCUT2D eigenvalue weighted by molar-refractivity contribution is 0.146. The molecule has 2 N–H and O–H groups in total. The smallest absolute Gasteiger partial charge is 0.241 e. The third-order valence-corrected chi connectivity index (χ3v) is 2.78. The van der Waals surface area contributed by atoms with Crippen molar-refractivity contribution < 1.29 is 17.2 Å². The molecule has 1 aromatic heterocycles. The van der Waals surface area contributed by atoms with Gasteiger partial charge in [0.1, 0.15) is 6.07 Å². The highest BCUT2D eigenvalue weighted by atomic mass is 35.5. The molecule has 0 aliphatic carbocycles. The number of hydrogen-bond acceptors (Lipinski definition) is 4. The molecule has 0 saturated carbocycles. The number of halogens is 3. The third kappa shape index (κ3) is 2.27. The van der Waals surface area contributed by atoms with Gasteiger partial charge in [0.25, 0.3) is 16.4 Å². The number of aromatic nitrogens is 1. The highest BCUT2D eigenvalue weighted by Crippen LogP contribution is 2.31. The number of pyridine rings is 1. The number of primary sulfonamides is 1. The molecule has 0 bridgehead atoms. The van der Waals surface area contributed by atoms with E-state index in [9.17, 15) is 17.2 Å². The van der Waals surface area contributed by atoms with Crippen LogP contribution in [0.3, 0.4) is 0 Å². The average molecular weight is 268 g/mol. The van der Waals surface area contributed by atoms with Crippen LogP contribution in [0.4, 0.5) is 8.78 Å². The van der Waals surface area contributed by atoms with E-state index >= 15 is 0 Å². The van der Waals surface area contributed by atoms with Gasteiger partial charge in [0.2, 0.25) is 0 Å². The van der Waals surface area contributed by atoms with Gasteiger partial charge in [-0.1, -0.05) is 11.6 Å². The van der Waals surface area contributed by atoms with E-state index in [0.717, 1.165) is 6.20 Å². The third-order valence-electron chi connectivity index (χ3n) is 1.63. The highest BCUT2D eigenvalue weighted by molar-refractivity contribution is 7.89. The Morgan fingerprint density at radius 2 is 2.12 bits per heavy atom. The lowest BCUT2D eigenvalue weighted by Gasteiger charge is -2.08. The standard InChI is InChI=1S/C7H4ClF2N3O2S/c8-4-2-13-7(16(12,14)15)5(6(9)10)3(4)1-11/h2,6H,(H2,12,14,15). The maximum atomic E-state index is 12.6. The zero-order valence-corrected chi connectivity index (χ0v) is 9.06. The van der Waals surface area contributed by atoms with Gasteiger partial charge in [-0.2, -0.15) is 5.26 Å². The van der Waals surface area contributed by atoms with Gasteiger partial charge in [-0.25, -0.2) is 27.3 Å². The topological polar surface area (TPSA) is 96.8 Å². The number of rotatable bonds is 2. The van der Waals surface area contributed by atoms with Gasteiger partial charge in [-0.3, -0.25) is 0 Å². The highest BCUT2D eigenvalue weighted by Gasteiger charge is 2.27. The van der Waals surface area contributed by atoms with Gasteiger partial charge in [0.05, 0.1) is 16.1 Å².